The Balaban J connectivity index is 1.59. The molecule has 3 nitrogen and oxygen atoms in total. The van der Waals surface area contributed by atoms with Crippen LogP contribution in [0.5, 0.6) is 0 Å². The molecule has 2 heterocycles. The summed E-state index contributed by atoms with van der Waals surface area (Å²) in [4.78, 5) is 0. The van der Waals surface area contributed by atoms with Gasteiger partial charge in [-0.3, -0.25) is 0 Å². The van der Waals surface area contributed by atoms with E-state index in [1.807, 2.05) is 0 Å². The van der Waals surface area contributed by atoms with Gasteiger partial charge in [-0.1, -0.05) is 0 Å². The van der Waals surface area contributed by atoms with E-state index in [1.165, 1.54) is 0 Å². The minimum Gasteiger partial charge on any atom is -0.379 e. The molecule has 0 saturated carbocycles. The second kappa shape index (κ2) is 2.86. The van der Waals surface area contributed by atoms with Gasteiger partial charge in [-0.2, -0.15) is 0 Å². The predicted octanol–water partition coefficient (Wildman–Crippen LogP) is 0.191. The Morgan fingerprint density at radius 3 is 2.90 bits per heavy atom. The van der Waals surface area contributed by atoms with Crippen LogP contribution in [0.25, 0.3) is 0 Å². The highest BCUT2D eigenvalue weighted by Crippen LogP contribution is 2.13. The minimum absolute atomic E-state index is 0.337. The van der Waals surface area contributed by atoms with Crippen molar-refractivity contribution in [3.63, 3.8) is 0 Å². The maximum absolute atomic E-state index is 5.48. The first-order chi connectivity index (χ1) is 4.95. The van der Waals surface area contributed by atoms with Crippen LogP contribution in [-0.2, 0) is 14.2 Å². The zero-order valence-corrected chi connectivity index (χ0v) is 5.91. The molecule has 3 heteroatoms. The largest absolute Gasteiger partial charge is 0.379 e. The molecular weight excluding hydrogens is 132 g/mol. The maximum atomic E-state index is 5.48. The van der Waals surface area contributed by atoms with Crippen molar-refractivity contribution in [1.29, 1.82) is 0 Å². The van der Waals surface area contributed by atoms with Gasteiger partial charge in [-0.15, -0.1) is 0 Å². The Morgan fingerprint density at radius 2 is 2.30 bits per heavy atom. The van der Waals surface area contributed by atoms with Gasteiger partial charge < -0.3 is 14.2 Å². The van der Waals surface area contributed by atoms with Crippen LogP contribution in [0.2, 0.25) is 0 Å². The van der Waals surface area contributed by atoms with E-state index in [9.17, 15) is 0 Å². The Kier molecular flexibility index (Phi) is 1.88. The predicted molar refractivity (Wildman–Crippen MR) is 34.9 cm³/mol. The Bertz CT molecular complexity index is 105. The molecule has 0 unspecified atom stereocenters. The number of epoxide rings is 1. The van der Waals surface area contributed by atoms with E-state index >= 15 is 0 Å². The molecule has 10 heavy (non-hydrogen) atoms. The molecular formula is C7H12O3. The van der Waals surface area contributed by atoms with Crippen LogP contribution in [0, 0.1) is 0 Å². The molecule has 0 bridgehead atoms. The summed E-state index contributed by atoms with van der Waals surface area (Å²) in [7, 11) is 0. The molecule has 0 aromatic carbocycles. The quantitative estimate of drug-likeness (QED) is 0.530. The lowest BCUT2D eigenvalue weighted by Crippen LogP contribution is -2.15. The molecule has 58 valence electrons. The summed E-state index contributed by atoms with van der Waals surface area (Å²) in [5.41, 5.74) is 0. The third-order valence-electron chi connectivity index (χ3n) is 1.81. The van der Waals surface area contributed by atoms with E-state index in [2.05, 4.69) is 0 Å². The van der Waals surface area contributed by atoms with E-state index in [-0.39, 0.29) is 0 Å². The highest BCUT2D eigenvalue weighted by Gasteiger charge is 2.25. The third-order valence-corrected chi connectivity index (χ3v) is 1.81. The van der Waals surface area contributed by atoms with E-state index in [0.717, 1.165) is 32.8 Å². The summed E-state index contributed by atoms with van der Waals surface area (Å²) in [6.45, 7) is 3.27. The lowest BCUT2D eigenvalue weighted by molar-refractivity contribution is 0.0340. The molecule has 2 aliphatic heterocycles. The highest BCUT2D eigenvalue weighted by molar-refractivity contribution is 4.70. The lowest BCUT2D eigenvalue weighted by Gasteiger charge is -2.06. The average molecular weight is 144 g/mol. The van der Waals surface area contributed by atoms with Gasteiger partial charge in [-0.05, 0) is 6.42 Å². The van der Waals surface area contributed by atoms with Crippen LogP contribution >= 0.6 is 0 Å². The van der Waals surface area contributed by atoms with Gasteiger partial charge in [0.15, 0.2) is 0 Å². The standard InChI is InChI=1S/C7H12O3/c1-2-8-3-6(1)9-4-7-5-10-7/h6-7H,1-5H2/t6-,7+/m1/s1. The Labute approximate surface area is 60.3 Å². The van der Waals surface area contributed by atoms with Crippen LogP contribution in [0.3, 0.4) is 0 Å². The molecule has 0 radical (unpaired) electrons. The van der Waals surface area contributed by atoms with E-state index < -0.39 is 0 Å². The Morgan fingerprint density at radius 1 is 1.40 bits per heavy atom. The average Bonchev–Trinajstić information content (AvgIpc) is 2.63. The summed E-state index contributed by atoms with van der Waals surface area (Å²) in [6, 6.07) is 0. The number of hydrogen-bond acceptors (Lipinski definition) is 3. The summed E-state index contributed by atoms with van der Waals surface area (Å²) < 4.78 is 15.6. The molecule has 0 spiro atoms. The minimum atomic E-state index is 0.337. The summed E-state index contributed by atoms with van der Waals surface area (Å²) >= 11 is 0. The molecule has 2 saturated heterocycles. The summed E-state index contributed by atoms with van der Waals surface area (Å²) in [5.74, 6) is 0. The van der Waals surface area contributed by atoms with Crippen LogP contribution in [0.1, 0.15) is 6.42 Å². The van der Waals surface area contributed by atoms with Crippen molar-refractivity contribution >= 4 is 0 Å². The van der Waals surface area contributed by atoms with Crippen molar-refractivity contribution in [2.24, 2.45) is 0 Å². The maximum Gasteiger partial charge on any atom is 0.104 e. The molecule has 0 N–H and O–H groups in total. The van der Waals surface area contributed by atoms with Crippen LogP contribution in [0.4, 0.5) is 0 Å². The fraction of sp³-hybridized carbons (Fsp3) is 1.00. The van der Waals surface area contributed by atoms with E-state index in [4.69, 9.17) is 14.2 Å². The van der Waals surface area contributed by atoms with Gasteiger partial charge in [0.2, 0.25) is 0 Å². The van der Waals surface area contributed by atoms with E-state index in [0.29, 0.717) is 12.2 Å². The second-order valence-corrected chi connectivity index (χ2v) is 2.77. The number of rotatable bonds is 3. The topological polar surface area (TPSA) is 31.0 Å². The molecule has 0 aromatic heterocycles. The van der Waals surface area contributed by atoms with Crippen LogP contribution in [0.15, 0.2) is 0 Å². The molecule has 2 atom stereocenters. The zero-order valence-electron chi connectivity index (χ0n) is 5.91. The van der Waals surface area contributed by atoms with Crippen LogP contribution < -0.4 is 0 Å². The number of hydrogen-bond donors (Lipinski definition) is 0. The first-order valence-corrected chi connectivity index (χ1v) is 3.76. The second-order valence-electron chi connectivity index (χ2n) is 2.77. The third kappa shape index (κ3) is 1.68. The number of ether oxygens (including phenoxy) is 3. The monoisotopic (exact) mass is 144 g/mol. The Hall–Kier alpha value is -0.120. The first kappa shape index (κ1) is 6.58. The fourth-order valence-electron chi connectivity index (χ4n) is 1.05. The van der Waals surface area contributed by atoms with Crippen molar-refractivity contribution in [2.75, 3.05) is 26.4 Å². The molecule has 2 aliphatic rings. The van der Waals surface area contributed by atoms with Gasteiger partial charge >= 0.3 is 0 Å². The zero-order chi connectivity index (χ0) is 6.81. The molecule has 0 aromatic rings. The molecule has 2 fully saturated rings. The van der Waals surface area contributed by atoms with Crippen molar-refractivity contribution in [3.8, 4) is 0 Å². The van der Waals surface area contributed by atoms with Gasteiger partial charge in [0, 0.05) is 6.61 Å². The lowest BCUT2D eigenvalue weighted by atomic mass is 10.3. The normalized spacial score (nSPS) is 38.4. The molecule has 0 aliphatic carbocycles. The molecule has 0 amide bonds. The molecule has 2 rings (SSSR count). The smallest absolute Gasteiger partial charge is 0.104 e. The van der Waals surface area contributed by atoms with Crippen molar-refractivity contribution in [3.05, 3.63) is 0 Å². The van der Waals surface area contributed by atoms with Gasteiger partial charge in [0.05, 0.1) is 25.9 Å². The van der Waals surface area contributed by atoms with Crippen molar-refractivity contribution < 1.29 is 14.2 Å². The van der Waals surface area contributed by atoms with E-state index in [1.54, 1.807) is 0 Å². The first-order valence-electron chi connectivity index (χ1n) is 3.76. The fourth-order valence-corrected chi connectivity index (χ4v) is 1.05. The van der Waals surface area contributed by atoms with Crippen molar-refractivity contribution in [2.45, 2.75) is 18.6 Å². The van der Waals surface area contributed by atoms with Crippen molar-refractivity contribution in [1.82, 2.24) is 0 Å². The highest BCUT2D eigenvalue weighted by atomic mass is 16.6. The van der Waals surface area contributed by atoms with Crippen LogP contribution in [-0.4, -0.2) is 38.6 Å². The summed E-state index contributed by atoms with van der Waals surface area (Å²) in [6.07, 6.45) is 1.77. The SMILES string of the molecule is C1C[C@@H](OC[C@H]2CO2)CO1. The van der Waals surface area contributed by atoms with Gasteiger partial charge in [-0.25, -0.2) is 0 Å². The summed E-state index contributed by atoms with van der Waals surface area (Å²) in [5, 5.41) is 0. The van der Waals surface area contributed by atoms with Gasteiger partial charge in [0.1, 0.15) is 6.10 Å². The van der Waals surface area contributed by atoms with Gasteiger partial charge in [0.25, 0.3) is 0 Å².